The zero-order valence-corrected chi connectivity index (χ0v) is 7.55. The molecule has 2 aliphatic carbocycles. The molecular weight excluding hydrogens is 172 g/mol. The molecule has 0 saturated heterocycles. The molecule has 2 rings (SSSR count). The van der Waals surface area contributed by atoms with Gasteiger partial charge in [-0.2, -0.15) is 0 Å². The van der Waals surface area contributed by atoms with Crippen LogP contribution in [0.1, 0.15) is 19.3 Å². The monoisotopic (exact) mass is 187 g/mol. The van der Waals surface area contributed by atoms with Crippen LogP contribution in [-0.2, 0) is 0 Å². The lowest BCUT2D eigenvalue weighted by atomic mass is 9.88. The molecule has 1 fully saturated rings. The highest BCUT2D eigenvalue weighted by Gasteiger charge is 2.41. The van der Waals surface area contributed by atoms with E-state index in [1.807, 2.05) is 0 Å². The molecule has 0 aromatic rings. The maximum atomic E-state index is 13.0. The Morgan fingerprint density at radius 3 is 2.54 bits per heavy atom. The van der Waals surface area contributed by atoms with Crippen molar-refractivity contribution in [1.82, 2.24) is 0 Å². The normalized spacial score (nSPS) is 37.3. The smallest absolute Gasteiger partial charge is 0.260 e. The lowest BCUT2D eigenvalue weighted by Gasteiger charge is -2.23. The van der Waals surface area contributed by atoms with Crippen LogP contribution < -0.4 is 5.73 Å². The van der Waals surface area contributed by atoms with Crippen LogP contribution in [0.15, 0.2) is 12.2 Å². The molecule has 3 atom stereocenters. The van der Waals surface area contributed by atoms with E-state index in [0.29, 0.717) is 11.8 Å². The maximum absolute atomic E-state index is 13.0. The topological polar surface area (TPSA) is 26.0 Å². The van der Waals surface area contributed by atoms with Crippen LogP contribution in [0, 0.1) is 17.8 Å². The number of hydrogen-bond donors (Lipinski definition) is 1. The first-order chi connectivity index (χ1) is 6.11. The van der Waals surface area contributed by atoms with Gasteiger partial charge in [-0.1, -0.05) is 12.2 Å². The summed E-state index contributed by atoms with van der Waals surface area (Å²) in [5.41, 5.74) is 5.01. The van der Waals surface area contributed by atoms with Crippen molar-refractivity contribution in [2.75, 3.05) is 6.54 Å². The van der Waals surface area contributed by atoms with E-state index in [9.17, 15) is 8.78 Å². The van der Waals surface area contributed by atoms with Crippen molar-refractivity contribution in [3.05, 3.63) is 12.2 Å². The van der Waals surface area contributed by atoms with Crippen molar-refractivity contribution in [3.63, 3.8) is 0 Å². The quantitative estimate of drug-likeness (QED) is 0.673. The Morgan fingerprint density at radius 2 is 2.08 bits per heavy atom. The van der Waals surface area contributed by atoms with Crippen molar-refractivity contribution in [1.29, 1.82) is 0 Å². The molecule has 3 heteroatoms. The van der Waals surface area contributed by atoms with Crippen molar-refractivity contribution >= 4 is 0 Å². The van der Waals surface area contributed by atoms with Gasteiger partial charge in [0.05, 0.1) is 6.54 Å². The molecule has 1 saturated carbocycles. The zero-order chi connectivity index (χ0) is 9.47. The van der Waals surface area contributed by atoms with E-state index in [1.165, 1.54) is 0 Å². The standard InChI is InChI=1S/C10H15F2N/c11-10(12,6-13)5-9-4-7-1-2-8(9)3-7/h1-2,7-9H,3-6,13H2. The van der Waals surface area contributed by atoms with Gasteiger partial charge < -0.3 is 5.73 Å². The highest BCUT2D eigenvalue weighted by atomic mass is 19.3. The Kier molecular flexibility index (Phi) is 2.14. The second-order valence-corrected chi connectivity index (χ2v) is 4.30. The zero-order valence-electron chi connectivity index (χ0n) is 7.55. The molecule has 2 bridgehead atoms. The van der Waals surface area contributed by atoms with E-state index in [-0.39, 0.29) is 12.3 Å². The minimum atomic E-state index is -2.65. The fraction of sp³-hybridized carbons (Fsp3) is 0.800. The molecule has 0 heterocycles. The summed E-state index contributed by atoms with van der Waals surface area (Å²) in [5.74, 6) is -1.50. The summed E-state index contributed by atoms with van der Waals surface area (Å²) in [6, 6.07) is 0. The number of halogens is 2. The fourth-order valence-electron chi connectivity index (χ4n) is 2.60. The SMILES string of the molecule is NCC(F)(F)CC1CC2C=CC1C2. The van der Waals surface area contributed by atoms with Crippen LogP contribution in [0.2, 0.25) is 0 Å². The minimum Gasteiger partial charge on any atom is -0.325 e. The highest BCUT2D eigenvalue weighted by molar-refractivity contribution is 5.10. The third-order valence-electron chi connectivity index (χ3n) is 3.28. The highest BCUT2D eigenvalue weighted by Crippen LogP contribution is 2.47. The molecular formula is C10H15F2N. The van der Waals surface area contributed by atoms with Gasteiger partial charge in [0, 0.05) is 6.42 Å². The molecule has 2 aliphatic rings. The average Bonchev–Trinajstić information content (AvgIpc) is 2.64. The van der Waals surface area contributed by atoms with Crippen LogP contribution in [0.25, 0.3) is 0 Å². The second kappa shape index (κ2) is 3.05. The molecule has 74 valence electrons. The molecule has 0 amide bonds. The number of allylic oxidation sites excluding steroid dienone is 2. The minimum absolute atomic E-state index is 0.0188. The largest absolute Gasteiger partial charge is 0.325 e. The summed E-state index contributed by atoms with van der Waals surface area (Å²) < 4.78 is 26.0. The maximum Gasteiger partial charge on any atom is 0.260 e. The van der Waals surface area contributed by atoms with Crippen LogP contribution in [0.3, 0.4) is 0 Å². The van der Waals surface area contributed by atoms with E-state index in [2.05, 4.69) is 12.2 Å². The van der Waals surface area contributed by atoms with Gasteiger partial charge in [-0.15, -0.1) is 0 Å². The first-order valence-corrected chi connectivity index (χ1v) is 4.87. The first-order valence-electron chi connectivity index (χ1n) is 4.87. The predicted molar refractivity (Wildman–Crippen MR) is 47.5 cm³/mol. The van der Waals surface area contributed by atoms with E-state index in [4.69, 9.17) is 5.73 Å². The van der Waals surface area contributed by atoms with E-state index >= 15 is 0 Å². The first kappa shape index (κ1) is 9.13. The van der Waals surface area contributed by atoms with Gasteiger partial charge in [0.15, 0.2) is 0 Å². The molecule has 0 aromatic carbocycles. The van der Waals surface area contributed by atoms with Gasteiger partial charge in [0.2, 0.25) is 0 Å². The molecule has 13 heavy (non-hydrogen) atoms. The second-order valence-electron chi connectivity index (χ2n) is 4.30. The summed E-state index contributed by atoms with van der Waals surface area (Å²) in [6.07, 6.45) is 6.28. The molecule has 3 unspecified atom stereocenters. The van der Waals surface area contributed by atoms with Gasteiger partial charge in [-0.25, -0.2) is 8.78 Å². The van der Waals surface area contributed by atoms with Gasteiger partial charge in [-0.05, 0) is 30.6 Å². The van der Waals surface area contributed by atoms with Gasteiger partial charge in [0.25, 0.3) is 5.92 Å². The number of alkyl halides is 2. The Hall–Kier alpha value is -0.440. The predicted octanol–water partition coefficient (Wildman–Crippen LogP) is 2.18. The number of rotatable bonds is 3. The number of fused-ring (bicyclic) bond motifs is 2. The summed E-state index contributed by atoms with van der Waals surface area (Å²) in [4.78, 5) is 0. The van der Waals surface area contributed by atoms with Crippen molar-refractivity contribution < 1.29 is 8.78 Å². The molecule has 0 spiro atoms. The molecule has 0 aromatic heterocycles. The molecule has 0 radical (unpaired) electrons. The summed E-state index contributed by atoms with van der Waals surface area (Å²) in [6.45, 7) is -0.509. The summed E-state index contributed by atoms with van der Waals surface area (Å²) >= 11 is 0. The molecule has 0 aliphatic heterocycles. The van der Waals surface area contributed by atoms with Crippen LogP contribution >= 0.6 is 0 Å². The Labute approximate surface area is 77.0 Å². The summed E-state index contributed by atoms with van der Waals surface area (Å²) in [7, 11) is 0. The van der Waals surface area contributed by atoms with E-state index in [1.54, 1.807) is 0 Å². The average molecular weight is 187 g/mol. The Balaban J connectivity index is 1.94. The third kappa shape index (κ3) is 1.75. The Morgan fingerprint density at radius 1 is 1.31 bits per heavy atom. The fourth-order valence-corrected chi connectivity index (χ4v) is 2.60. The van der Waals surface area contributed by atoms with Crippen molar-refractivity contribution in [2.24, 2.45) is 23.5 Å². The Bertz CT molecular complexity index is 225. The van der Waals surface area contributed by atoms with Gasteiger partial charge in [0.1, 0.15) is 0 Å². The number of hydrogen-bond acceptors (Lipinski definition) is 1. The third-order valence-corrected chi connectivity index (χ3v) is 3.28. The van der Waals surface area contributed by atoms with E-state index in [0.717, 1.165) is 12.8 Å². The molecule has 2 N–H and O–H groups in total. The lowest BCUT2D eigenvalue weighted by Crippen LogP contribution is -2.31. The van der Waals surface area contributed by atoms with Crippen LogP contribution in [0.4, 0.5) is 8.78 Å². The van der Waals surface area contributed by atoms with Crippen molar-refractivity contribution in [3.8, 4) is 0 Å². The van der Waals surface area contributed by atoms with Gasteiger partial charge in [-0.3, -0.25) is 0 Å². The van der Waals surface area contributed by atoms with Crippen molar-refractivity contribution in [2.45, 2.75) is 25.2 Å². The summed E-state index contributed by atoms with van der Waals surface area (Å²) in [5, 5.41) is 0. The molecule has 1 nitrogen and oxygen atoms in total. The van der Waals surface area contributed by atoms with E-state index < -0.39 is 12.5 Å². The lowest BCUT2D eigenvalue weighted by molar-refractivity contribution is -0.0169. The van der Waals surface area contributed by atoms with Crippen LogP contribution in [0.5, 0.6) is 0 Å². The number of nitrogens with two attached hydrogens (primary N) is 1. The van der Waals surface area contributed by atoms with Crippen LogP contribution in [-0.4, -0.2) is 12.5 Å². The van der Waals surface area contributed by atoms with Gasteiger partial charge >= 0.3 is 0 Å².